The van der Waals surface area contributed by atoms with Crippen molar-refractivity contribution >= 4 is 0 Å². The molecule has 1 aromatic carbocycles. The van der Waals surface area contributed by atoms with E-state index in [2.05, 4.69) is 24.2 Å². The van der Waals surface area contributed by atoms with E-state index >= 15 is 0 Å². The number of benzene rings is 1. The first kappa shape index (κ1) is 9.93. The minimum Gasteiger partial charge on any atom is -0.326 e. The third kappa shape index (κ3) is 1.92. The molecule has 3 heteroatoms. The maximum absolute atomic E-state index is 5.70. The maximum Gasteiger partial charge on any atom is 0.0968 e. The molecule has 15 heavy (non-hydrogen) atoms. The third-order valence-corrected chi connectivity index (χ3v) is 2.43. The van der Waals surface area contributed by atoms with Crippen LogP contribution in [0, 0.1) is 0 Å². The Morgan fingerprint density at radius 2 is 2.00 bits per heavy atom. The predicted molar refractivity (Wildman–Crippen MR) is 61.2 cm³/mol. The highest BCUT2D eigenvalue weighted by Gasteiger charge is 2.08. The highest BCUT2D eigenvalue weighted by atomic mass is 15.3. The molecule has 0 saturated carbocycles. The van der Waals surface area contributed by atoms with Crippen molar-refractivity contribution in [1.82, 2.24) is 9.78 Å². The van der Waals surface area contributed by atoms with Crippen LogP contribution in [0.1, 0.15) is 12.5 Å². The van der Waals surface area contributed by atoms with E-state index in [4.69, 9.17) is 5.73 Å². The summed E-state index contributed by atoms with van der Waals surface area (Å²) in [6.07, 6.45) is 2.02. The second-order valence-corrected chi connectivity index (χ2v) is 3.43. The van der Waals surface area contributed by atoms with Crippen LogP contribution in [-0.2, 0) is 13.1 Å². The topological polar surface area (TPSA) is 43.8 Å². The molecule has 0 aliphatic carbocycles. The minimum absolute atomic E-state index is 0.532. The van der Waals surface area contributed by atoms with Gasteiger partial charge in [-0.25, -0.2) is 0 Å². The first-order chi connectivity index (χ1) is 7.35. The fraction of sp³-hybridized carbons (Fsp3) is 0.250. The molecule has 0 radical (unpaired) electrons. The zero-order valence-corrected chi connectivity index (χ0v) is 8.85. The van der Waals surface area contributed by atoms with Crippen LogP contribution in [0.4, 0.5) is 0 Å². The summed E-state index contributed by atoms with van der Waals surface area (Å²) in [5, 5.41) is 4.51. The fourth-order valence-corrected chi connectivity index (χ4v) is 1.61. The van der Waals surface area contributed by atoms with E-state index in [9.17, 15) is 0 Å². The first-order valence-electron chi connectivity index (χ1n) is 5.17. The summed E-state index contributed by atoms with van der Waals surface area (Å²) in [4.78, 5) is 0. The van der Waals surface area contributed by atoms with Crippen LogP contribution >= 0.6 is 0 Å². The molecule has 0 aliphatic rings. The molecule has 0 amide bonds. The van der Waals surface area contributed by atoms with Crippen LogP contribution in [0.5, 0.6) is 0 Å². The van der Waals surface area contributed by atoms with Gasteiger partial charge in [-0.3, -0.25) is 4.68 Å². The summed E-state index contributed by atoms with van der Waals surface area (Å²) in [6, 6.07) is 10.1. The molecule has 0 spiro atoms. The predicted octanol–water partition coefficient (Wildman–Crippen LogP) is 2.03. The van der Waals surface area contributed by atoms with Crippen molar-refractivity contribution in [2.75, 3.05) is 0 Å². The lowest BCUT2D eigenvalue weighted by Gasteiger charge is -1.98. The van der Waals surface area contributed by atoms with Crippen molar-refractivity contribution in [1.29, 1.82) is 0 Å². The molecule has 0 atom stereocenters. The highest BCUT2D eigenvalue weighted by molar-refractivity contribution is 5.62. The molecule has 0 unspecified atom stereocenters. The Kier molecular flexibility index (Phi) is 2.83. The largest absolute Gasteiger partial charge is 0.326 e. The van der Waals surface area contributed by atoms with Crippen LogP contribution in [0.25, 0.3) is 11.3 Å². The van der Waals surface area contributed by atoms with E-state index in [1.807, 2.05) is 29.1 Å². The van der Waals surface area contributed by atoms with E-state index in [1.54, 1.807) is 0 Å². The number of nitrogens with zero attached hydrogens (tertiary/aromatic N) is 2. The fourth-order valence-electron chi connectivity index (χ4n) is 1.61. The molecule has 0 fully saturated rings. The van der Waals surface area contributed by atoms with Gasteiger partial charge in [0.1, 0.15) is 0 Å². The van der Waals surface area contributed by atoms with Crippen molar-refractivity contribution < 1.29 is 0 Å². The van der Waals surface area contributed by atoms with Gasteiger partial charge in [-0.2, -0.15) is 5.10 Å². The Bertz CT molecular complexity index is 431. The molecule has 1 heterocycles. The second kappa shape index (κ2) is 4.28. The Morgan fingerprint density at radius 1 is 1.27 bits per heavy atom. The summed E-state index contributed by atoms with van der Waals surface area (Å²) in [6.45, 7) is 3.48. The van der Waals surface area contributed by atoms with Gasteiger partial charge in [-0.15, -0.1) is 0 Å². The van der Waals surface area contributed by atoms with Crippen LogP contribution in [0.2, 0.25) is 0 Å². The number of aryl methyl sites for hydroxylation is 1. The molecule has 2 aromatic rings. The third-order valence-electron chi connectivity index (χ3n) is 2.43. The molecule has 78 valence electrons. The van der Waals surface area contributed by atoms with Crippen molar-refractivity contribution in [3.63, 3.8) is 0 Å². The number of nitrogens with two attached hydrogens (primary N) is 1. The van der Waals surface area contributed by atoms with Crippen molar-refractivity contribution in [3.05, 3.63) is 42.1 Å². The molecule has 0 saturated heterocycles. The van der Waals surface area contributed by atoms with Gasteiger partial charge < -0.3 is 5.73 Å². The van der Waals surface area contributed by atoms with Gasteiger partial charge >= 0.3 is 0 Å². The molecular formula is C12H15N3. The Morgan fingerprint density at radius 3 is 2.60 bits per heavy atom. The van der Waals surface area contributed by atoms with Gasteiger partial charge in [0.2, 0.25) is 0 Å². The van der Waals surface area contributed by atoms with E-state index in [0.29, 0.717) is 6.54 Å². The van der Waals surface area contributed by atoms with Gasteiger partial charge in [-0.05, 0) is 6.92 Å². The number of aromatic nitrogens is 2. The maximum atomic E-state index is 5.70. The highest BCUT2D eigenvalue weighted by Crippen LogP contribution is 2.21. The summed E-state index contributed by atoms with van der Waals surface area (Å²) in [7, 11) is 0. The summed E-state index contributed by atoms with van der Waals surface area (Å²) >= 11 is 0. The number of hydrogen-bond donors (Lipinski definition) is 1. The number of rotatable bonds is 3. The molecule has 1 aromatic heterocycles. The van der Waals surface area contributed by atoms with Crippen molar-refractivity contribution in [3.8, 4) is 11.3 Å². The van der Waals surface area contributed by atoms with Gasteiger partial charge in [0.25, 0.3) is 0 Å². The van der Waals surface area contributed by atoms with Crippen molar-refractivity contribution in [2.24, 2.45) is 5.73 Å². The normalized spacial score (nSPS) is 10.5. The van der Waals surface area contributed by atoms with E-state index in [-0.39, 0.29) is 0 Å². The smallest absolute Gasteiger partial charge is 0.0968 e. The molecule has 3 nitrogen and oxygen atoms in total. The van der Waals surface area contributed by atoms with E-state index in [0.717, 1.165) is 23.4 Å². The molecular weight excluding hydrogens is 186 g/mol. The Balaban J connectivity index is 2.47. The lowest BCUT2D eigenvalue weighted by Crippen LogP contribution is -1.96. The summed E-state index contributed by atoms with van der Waals surface area (Å²) in [5.74, 6) is 0. The van der Waals surface area contributed by atoms with Gasteiger partial charge in [0.15, 0.2) is 0 Å². The molecule has 0 aliphatic heterocycles. The first-order valence-corrected chi connectivity index (χ1v) is 5.17. The number of hydrogen-bond acceptors (Lipinski definition) is 2. The van der Waals surface area contributed by atoms with Gasteiger partial charge in [-0.1, -0.05) is 30.3 Å². The SMILES string of the molecule is CCn1cc(CN)c(-c2ccccc2)n1. The molecule has 2 rings (SSSR count). The summed E-state index contributed by atoms with van der Waals surface area (Å²) < 4.78 is 1.92. The zero-order valence-electron chi connectivity index (χ0n) is 8.85. The lowest BCUT2D eigenvalue weighted by molar-refractivity contribution is 0.661. The standard InChI is InChI=1S/C12H15N3/c1-2-15-9-11(8-13)12(14-15)10-6-4-3-5-7-10/h3-7,9H,2,8,13H2,1H3. The monoisotopic (exact) mass is 201 g/mol. The molecule has 2 N–H and O–H groups in total. The van der Waals surface area contributed by atoms with Gasteiger partial charge in [0, 0.05) is 30.4 Å². The quantitative estimate of drug-likeness (QED) is 0.825. The Hall–Kier alpha value is -1.61. The Labute approximate surface area is 89.5 Å². The van der Waals surface area contributed by atoms with E-state index < -0.39 is 0 Å². The lowest BCUT2D eigenvalue weighted by atomic mass is 10.1. The van der Waals surface area contributed by atoms with E-state index in [1.165, 1.54) is 0 Å². The average molecular weight is 201 g/mol. The van der Waals surface area contributed by atoms with Crippen LogP contribution < -0.4 is 5.73 Å². The second-order valence-electron chi connectivity index (χ2n) is 3.43. The van der Waals surface area contributed by atoms with Crippen LogP contribution in [0.3, 0.4) is 0 Å². The van der Waals surface area contributed by atoms with Gasteiger partial charge in [0.05, 0.1) is 5.69 Å². The summed E-state index contributed by atoms with van der Waals surface area (Å²) in [5.41, 5.74) is 8.93. The van der Waals surface area contributed by atoms with Crippen LogP contribution in [0.15, 0.2) is 36.5 Å². The zero-order chi connectivity index (χ0) is 10.7. The van der Waals surface area contributed by atoms with Crippen molar-refractivity contribution in [2.45, 2.75) is 20.0 Å². The molecule has 0 bridgehead atoms. The minimum atomic E-state index is 0.532. The van der Waals surface area contributed by atoms with Crippen LogP contribution in [-0.4, -0.2) is 9.78 Å². The average Bonchev–Trinajstić information content (AvgIpc) is 2.73.